The van der Waals surface area contributed by atoms with Crippen LogP contribution in [0.3, 0.4) is 0 Å². The normalized spacial score (nSPS) is 14.2. The van der Waals surface area contributed by atoms with Gasteiger partial charge in [-0.2, -0.15) is 5.10 Å². The van der Waals surface area contributed by atoms with Crippen LogP contribution >= 0.6 is 0 Å². The summed E-state index contributed by atoms with van der Waals surface area (Å²) in [5.74, 6) is 0.538. The maximum atomic E-state index is 12.5. The highest BCUT2D eigenvalue weighted by molar-refractivity contribution is 5.89. The van der Waals surface area contributed by atoms with E-state index in [-0.39, 0.29) is 12.1 Å². The monoisotopic (exact) mass is 374 g/mol. The molecule has 1 aromatic heterocycles. The van der Waals surface area contributed by atoms with Gasteiger partial charge in [0.1, 0.15) is 0 Å². The molecule has 1 heterocycles. The molecule has 5 nitrogen and oxygen atoms in total. The highest BCUT2D eigenvalue weighted by atomic mass is 16.2. The van der Waals surface area contributed by atoms with Crippen molar-refractivity contribution in [3.05, 3.63) is 71.3 Å². The summed E-state index contributed by atoms with van der Waals surface area (Å²) in [5, 5.41) is 10.3. The van der Waals surface area contributed by atoms with Crippen LogP contribution in [0.4, 0.5) is 10.6 Å². The van der Waals surface area contributed by atoms with Gasteiger partial charge in [0.05, 0.1) is 11.7 Å². The van der Waals surface area contributed by atoms with Gasteiger partial charge in [-0.05, 0) is 54.9 Å². The first-order chi connectivity index (χ1) is 13.6. The highest BCUT2D eigenvalue weighted by Gasteiger charge is 2.15. The van der Waals surface area contributed by atoms with Gasteiger partial charge in [0.15, 0.2) is 5.82 Å². The number of fused-ring (bicyclic) bond motifs is 1. The molecular weight excluding hydrogens is 348 g/mol. The third-order valence-electron chi connectivity index (χ3n) is 5.41. The molecule has 0 aliphatic heterocycles. The van der Waals surface area contributed by atoms with Gasteiger partial charge in [-0.15, -0.1) is 0 Å². The lowest BCUT2D eigenvalue weighted by molar-refractivity contribution is 0.249. The Labute approximate surface area is 165 Å². The number of carbonyl (C=O) groups excluding carboxylic acids is 1. The van der Waals surface area contributed by atoms with Crippen molar-refractivity contribution in [2.75, 3.05) is 5.32 Å². The number of amides is 2. The fourth-order valence-corrected chi connectivity index (χ4v) is 3.86. The Morgan fingerprint density at radius 3 is 2.57 bits per heavy atom. The zero-order valence-electron chi connectivity index (χ0n) is 16.4. The number of nitrogens with zero attached hydrogens (tertiary/aromatic N) is 2. The molecule has 2 aromatic carbocycles. The molecule has 2 N–H and O–H groups in total. The van der Waals surface area contributed by atoms with Crippen LogP contribution in [0.5, 0.6) is 0 Å². The molecule has 1 aliphatic rings. The van der Waals surface area contributed by atoms with Crippen LogP contribution in [0.2, 0.25) is 0 Å². The average Bonchev–Trinajstić information content (AvgIpc) is 3.08. The van der Waals surface area contributed by atoms with Crippen molar-refractivity contribution in [2.24, 2.45) is 7.05 Å². The zero-order valence-corrected chi connectivity index (χ0v) is 16.4. The second-order valence-electron chi connectivity index (χ2n) is 7.46. The molecule has 0 bridgehead atoms. The Balaban J connectivity index is 1.42. The van der Waals surface area contributed by atoms with Crippen molar-refractivity contribution >= 4 is 11.8 Å². The molecule has 1 unspecified atom stereocenters. The summed E-state index contributed by atoms with van der Waals surface area (Å²) in [4.78, 5) is 12.5. The summed E-state index contributed by atoms with van der Waals surface area (Å²) < 4.78 is 1.78. The van der Waals surface area contributed by atoms with E-state index in [2.05, 4.69) is 33.9 Å². The van der Waals surface area contributed by atoms with Gasteiger partial charge in [0.2, 0.25) is 0 Å². The van der Waals surface area contributed by atoms with Crippen LogP contribution in [0.25, 0.3) is 11.3 Å². The predicted molar refractivity (Wildman–Crippen MR) is 112 cm³/mol. The summed E-state index contributed by atoms with van der Waals surface area (Å²) in [6, 6.07) is 18.2. The number of hydrogen-bond donors (Lipinski definition) is 2. The van der Waals surface area contributed by atoms with Crippen LogP contribution in [0.15, 0.2) is 54.6 Å². The predicted octanol–water partition coefficient (Wildman–Crippen LogP) is 4.85. The molecule has 0 spiro atoms. The van der Waals surface area contributed by atoms with Crippen molar-refractivity contribution in [2.45, 2.75) is 38.6 Å². The number of benzene rings is 2. The van der Waals surface area contributed by atoms with Crippen LogP contribution in [-0.4, -0.2) is 15.8 Å². The Kier molecular flexibility index (Phi) is 5.15. The zero-order chi connectivity index (χ0) is 19.5. The first-order valence-electron chi connectivity index (χ1n) is 9.89. The minimum Gasteiger partial charge on any atom is -0.331 e. The van der Waals surface area contributed by atoms with E-state index in [4.69, 9.17) is 0 Å². The molecule has 0 saturated heterocycles. The first kappa shape index (κ1) is 18.3. The highest BCUT2D eigenvalue weighted by Crippen LogP contribution is 2.25. The van der Waals surface area contributed by atoms with Crippen LogP contribution in [-0.2, 0) is 19.9 Å². The molecule has 0 radical (unpaired) electrons. The number of aromatic nitrogens is 2. The van der Waals surface area contributed by atoms with E-state index in [1.54, 1.807) is 4.68 Å². The van der Waals surface area contributed by atoms with E-state index in [0.717, 1.165) is 23.2 Å². The number of carbonyl (C=O) groups is 1. The first-order valence-corrected chi connectivity index (χ1v) is 9.89. The largest absolute Gasteiger partial charge is 0.331 e. The Bertz CT molecular complexity index is 978. The molecule has 3 aromatic rings. The van der Waals surface area contributed by atoms with Gasteiger partial charge >= 0.3 is 6.03 Å². The van der Waals surface area contributed by atoms with Crippen molar-refractivity contribution < 1.29 is 4.79 Å². The number of urea groups is 1. The van der Waals surface area contributed by atoms with Crippen molar-refractivity contribution in [1.29, 1.82) is 0 Å². The van der Waals surface area contributed by atoms with Gasteiger partial charge in [-0.25, -0.2) is 4.79 Å². The molecule has 1 aliphatic carbocycles. The summed E-state index contributed by atoms with van der Waals surface area (Å²) in [7, 11) is 1.88. The molecular formula is C23H26N4O. The Hall–Kier alpha value is -3.08. The lowest BCUT2D eigenvalue weighted by Crippen LogP contribution is -2.31. The van der Waals surface area contributed by atoms with E-state index in [9.17, 15) is 4.79 Å². The quantitative estimate of drug-likeness (QED) is 0.686. The summed E-state index contributed by atoms with van der Waals surface area (Å²) in [5.41, 5.74) is 6.04. The molecule has 4 rings (SSSR count). The molecule has 0 saturated carbocycles. The van der Waals surface area contributed by atoms with Crippen molar-refractivity contribution in [3.63, 3.8) is 0 Å². The number of anilines is 1. The number of aryl methyl sites for hydroxylation is 3. The van der Waals surface area contributed by atoms with Gasteiger partial charge in [0, 0.05) is 13.1 Å². The molecule has 0 fully saturated rings. The fraction of sp³-hybridized carbons (Fsp3) is 0.304. The van der Waals surface area contributed by atoms with E-state index in [1.807, 2.05) is 50.4 Å². The lowest BCUT2D eigenvalue weighted by atomic mass is 9.89. The molecule has 5 heteroatoms. The van der Waals surface area contributed by atoms with E-state index in [0.29, 0.717) is 5.82 Å². The van der Waals surface area contributed by atoms with Crippen LogP contribution in [0, 0.1) is 0 Å². The van der Waals surface area contributed by atoms with Crippen molar-refractivity contribution in [1.82, 2.24) is 15.1 Å². The smallest absolute Gasteiger partial charge is 0.320 e. The molecule has 28 heavy (non-hydrogen) atoms. The third kappa shape index (κ3) is 3.93. The lowest BCUT2D eigenvalue weighted by Gasteiger charge is -2.20. The molecule has 2 amide bonds. The van der Waals surface area contributed by atoms with Gasteiger partial charge in [-0.3, -0.25) is 10.00 Å². The summed E-state index contributed by atoms with van der Waals surface area (Å²) in [6.45, 7) is 2.01. The standard InChI is InChI=1S/C23H26N4O/c1-16(19-13-12-17-8-6-7-11-20(17)14-19)24-23(28)25-22-15-21(27(2)26-22)18-9-4-3-5-10-18/h3-5,9-10,12-16H,6-8,11H2,1-2H3,(H2,24,25,26,28). The molecule has 1 atom stereocenters. The van der Waals surface area contributed by atoms with Crippen LogP contribution < -0.4 is 10.6 Å². The summed E-state index contributed by atoms with van der Waals surface area (Å²) in [6.07, 6.45) is 4.83. The van der Waals surface area contributed by atoms with Gasteiger partial charge in [-0.1, -0.05) is 48.5 Å². The maximum Gasteiger partial charge on any atom is 0.320 e. The van der Waals surface area contributed by atoms with Gasteiger partial charge < -0.3 is 5.32 Å². The minimum absolute atomic E-state index is 0.0652. The second-order valence-corrected chi connectivity index (χ2v) is 7.46. The topological polar surface area (TPSA) is 59.0 Å². The minimum atomic E-state index is -0.247. The van der Waals surface area contributed by atoms with Crippen LogP contribution in [0.1, 0.15) is 42.5 Å². The number of nitrogens with one attached hydrogen (secondary N) is 2. The molecule has 144 valence electrons. The third-order valence-corrected chi connectivity index (χ3v) is 5.41. The maximum absolute atomic E-state index is 12.5. The fourth-order valence-electron chi connectivity index (χ4n) is 3.86. The van der Waals surface area contributed by atoms with Gasteiger partial charge in [0.25, 0.3) is 0 Å². The van der Waals surface area contributed by atoms with E-state index >= 15 is 0 Å². The summed E-state index contributed by atoms with van der Waals surface area (Å²) >= 11 is 0. The SMILES string of the molecule is CC(NC(=O)Nc1cc(-c2ccccc2)n(C)n1)c1ccc2c(c1)CCCC2. The number of hydrogen-bond acceptors (Lipinski definition) is 2. The van der Waals surface area contributed by atoms with E-state index < -0.39 is 0 Å². The van der Waals surface area contributed by atoms with E-state index in [1.165, 1.54) is 30.4 Å². The van der Waals surface area contributed by atoms with Crippen molar-refractivity contribution in [3.8, 4) is 11.3 Å². The average molecular weight is 374 g/mol. The number of rotatable bonds is 4. The Morgan fingerprint density at radius 1 is 1.04 bits per heavy atom. The Morgan fingerprint density at radius 2 is 1.79 bits per heavy atom. The second kappa shape index (κ2) is 7.89.